The van der Waals surface area contributed by atoms with E-state index in [9.17, 15) is 9.90 Å². The quantitative estimate of drug-likeness (QED) is 0.495. The van der Waals surface area contributed by atoms with Crippen LogP contribution in [0, 0.1) is 5.92 Å². The first-order chi connectivity index (χ1) is 5.13. The van der Waals surface area contributed by atoms with Gasteiger partial charge in [0.1, 0.15) is 6.29 Å². The van der Waals surface area contributed by atoms with Gasteiger partial charge in [0.15, 0.2) is 0 Å². The number of aldehydes is 1. The van der Waals surface area contributed by atoms with E-state index in [1.54, 1.807) is 0 Å². The molecule has 0 fully saturated rings. The highest BCUT2D eigenvalue weighted by Crippen LogP contribution is 2.15. The van der Waals surface area contributed by atoms with Crippen LogP contribution in [0.4, 0.5) is 0 Å². The van der Waals surface area contributed by atoms with Crippen LogP contribution in [0.25, 0.3) is 0 Å². The molecule has 0 aromatic rings. The lowest BCUT2D eigenvalue weighted by Crippen LogP contribution is -2.17. The van der Waals surface area contributed by atoms with Gasteiger partial charge in [0.2, 0.25) is 0 Å². The van der Waals surface area contributed by atoms with E-state index in [0.29, 0.717) is 0 Å². The molecule has 0 aliphatic rings. The van der Waals surface area contributed by atoms with Crippen molar-refractivity contribution in [3.63, 3.8) is 0 Å². The van der Waals surface area contributed by atoms with Crippen molar-refractivity contribution in [1.29, 1.82) is 0 Å². The van der Waals surface area contributed by atoms with Crippen molar-refractivity contribution >= 4 is 6.29 Å². The van der Waals surface area contributed by atoms with Crippen molar-refractivity contribution in [3.8, 4) is 0 Å². The van der Waals surface area contributed by atoms with Crippen LogP contribution in [0.1, 0.15) is 27.2 Å². The molecule has 0 bridgehead atoms. The Bertz CT molecular complexity index is 150. The molecule has 0 rings (SSSR count). The first kappa shape index (κ1) is 10.4. The number of hydrogen-bond acceptors (Lipinski definition) is 2. The summed E-state index contributed by atoms with van der Waals surface area (Å²) in [4.78, 5) is 10.1. The molecule has 2 heteroatoms. The van der Waals surface area contributed by atoms with E-state index in [1.807, 2.05) is 20.8 Å². The molecule has 0 aromatic carbocycles. The van der Waals surface area contributed by atoms with Crippen molar-refractivity contribution < 1.29 is 9.90 Å². The third-order valence-electron chi connectivity index (χ3n) is 2.04. The first-order valence-electron chi connectivity index (χ1n) is 3.93. The lowest BCUT2D eigenvalue weighted by Gasteiger charge is -2.17. The molecule has 11 heavy (non-hydrogen) atoms. The molecule has 0 heterocycles. The molecule has 64 valence electrons. The molecule has 0 radical (unpaired) electrons. The molecular weight excluding hydrogens is 140 g/mol. The summed E-state index contributed by atoms with van der Waals surface area (Å²) in [5.74, 6) is 0.0881. The highest BCUT2D eigenvalue weighted by Gasteiger charge is 2.12. The maximum absolute atomic E-state index is 10.1. The van der Waals surface area contributed by atoms with Gasteiger partial charge in [0.05, 0.1) is 6.10 Å². The van der Waals surface area contributed by atoms with Gasteiger partial charge >= 0.3 is 0 Å². The second-order valence-corrected chi connectivity index (χ2v) is 2.81. The van der Waals surface area contributed by atoms with Gasteiger partial charge in [-0.3, -0.25) is 4.79 Å². The minimum Gasteiger partial charge on any atom is -0.393 e. The van der Waals surface area contributed by atoms with Crippen LogP contribution < -0.4 is 0 Å². The van der Waals surface area contributed by atoms with E-state index in [0.717, 1.165) is 18.3 Å². The molecule has 0 aromatic heterocycles. The molecule has 0 saturated carbocycles. The molecule has 0 amide bonds. The molecule has 1 N–H and O–H groups in total. The summed E-state index contributed by atoms with van der Waals surface area (Å²) < 4.78 is 0. The predicted molar refractivity (Wildman–Crippen MR) is 45.3 cm³/mol. The second-order valence-electron chi connectivity index (χ2n) is 2.81. The third-order valence-corrected chi connectivity index (χ3v) is 2.04. The minimum atomic E-state index is -0.328. The summed E-state index contributed by atoms with van der Waals surface area (Å²) in [5, 5.41) is 9.37. The van der Waals surface area contributed by atoms with Crippen molar-refractivity contribution in [3.05, 3.63) is 11.6 Å². The van der Waals surface area contributed by atoms with Crippen LogP contribution in [-0.2, 0) is 4.79 Å². The Kier molecular flexibility index (Phi) is 4.79. The first-order valence-corrected chi connectivity index (χ1v) is 3.93. The van der Waals surface area contributed by atoms with Crippen LogP contribution >= 0.6 is 0 Å². The van der Waals surface area contributed by atoms with Crippen molar-refractivity contribution in [2.75, 3.05) is 0 Å². The van der Waals surface area contributed by atoms with Crippen LogP contribution in [0.2, 0.25) is 0 Å². The van der Waals surface area contributed by atoms with Gasteiger partial charge in [-0.2, -0.15) is 0 Å². The summed E-state index contributed by atoms with van der Waals surface area (Å²) in [7, 11) is 0. The number of rotatable bonds is 4. The summed E-state index contributed by atoms with van der Waals surface area (Å²) in [5.41, 5.74) is 0.939. The van der Waals surface area contributed by atoms with E-state index >= 15 is 0 Å². The smallest absolute Gasteiger partial charge is 0.142 e. The Morgan fingerprint density at radius 2 is 2.18 bits per heavy atom. The Labute approximate surface area is 67.9 Å². The highest BCUT2D eigenvalue weighted by molar-refractivity contribution is 5.66. The third kappa shape index (κ3) is 3.33. The lowest BCUT2D eigenvalue weighted by molar-refractivity contribution is -0.104. The molecule has 0 spiro atoms. The minimum absolute atomic E-state index is 0.0881. The number of carbonyl (C=O) groups excluding carboxylic acids is 1. The lowest BCUT2D eigenvalue weighted by atomic mass is 9.95. The maximum Gasteiger partial charge on any atom is 0.142 e. The van der Waals surface area contributed by atoms with Crippen molar-refractivity contribution in [1.82, 2.24) is 0 Å². The van der Waals surface area contributed by atoms with Crippen LogP contribution in [0.15, 0.2) is 11.6 Å². The normalized spacial score (nSPS) is 17.6. The number of hydrogen-bond donors (Lipinski definition) is 1. The zero-order valence-corrected chi connectivity index (χ0v) is 7.37. The van der Waals surface area contributed by atoms with Crippen molar-refractivity contribution in [2.24, 2.45) is 5.92 Å². The van der Waals surface area contributed by atoms with Gasteiger partial charge in [-0.15, -0.1) is 0 Å². The fourth-order valence-electron chi connectivity index (χ4n) is 0.916. The molecule has 2 unspecified atom stereocenters. The summed E-state index contributed by atoms with van der Waals surface area (Å²) >= 11 is 0. The van der Waals surface area contributed by atoms with Gasteiger partial charge in [0.25, 0.3) is 0 Å². The number of allylic oxidation sites excluding steroid dienone is 1. The Balaban J connectivity index is 4.11. The summed E-state index contributed by atoms with van der Waals surface area (Å²) in [6, 6.07) is 0. The number of aliphatic hydroxyl groups excluding tert-OH is 1. The molecule has 2 nitrogen and oxygen atoms in total. The Morgan fingerprint density at radius 3 is 2.55 bits per heavy atom. The molecule has 0 aliphatic carbocycles. The van der Waals surface area contributed by atoms with E-state index in [4.69, 9.17) is 0 Å². The topological polar surface area (TPSA) is 37.3 Å². The van der Waals surface area contributed by atoms with Gasteiger partial charge in [-0.1, -0.05) is 19.4 Å². The SMILES string of the molecule is CCC(O)C(C)/C(C)=C/C=O. The van der Waals surface area contributed by atoms with Crippen LogP contribution in [0.5, 0.6) is 0 Å². The maximum atomic E-state index is 10.1. The zero-order valence-electron chi connectivity index (χ0n) is 7.37. The fourth-order valence-corrected chi connectivity index (χ4v) is 0.916. The van der Waals surface area contributed by atoms with E-state index in [2.05, 4.69) is 0 Å². The Morgan fingerprint density at radius 1 is 1.64 bits per heavy atom. The zero-order chi connectivity index (χ0) is 8.85. The summed E-state index contributed by atoms with van der Waals surface area (Å²) in [6.45, 7) is 5.71. The van der Waals surface area contributed by atoms with Gasteiger partial charge in [-0.25, -0.2) is 0 Å². The highest BCUT2D eigenvalue weighted by atomic mass is 16.3. The average molecular weight is 156 g/mol. The van der Waals surface area contributed by atoms with Gasteiger partial charge in [-0.05, 0) is 19.4 Å². The van der Waals surface area contributed by atoms with E-state index in [-0.39, 0.29) is 12.0 Å². The second kappa shape index (κ2) is 5.08. The molecular formula is C9H16O2. The molecule has 0 aliphatic heterocycles. The molecule has 2 atom stereocenters. The van der Waals surface area contributed by atoms with Gasteiger partial charge in [0, 0.05) is 5.92 Å². The van der Waals surface area contributed by atoms with E-state index < -0.39 is 0 Å². The monoisotopic (exact) mass is 156 g/mol. The Hall–Kier alpha value is -0.630. The number of aliphatic hydroxyl groups is 1. The van der Waals surface area contributed by atoms with Crippen LogP contribution in [-0.4, -0.2) is 17.5 Å². The van der Waals surface area contributed by atoms with Crippen LogP contribution in [0.3, 0.4) is 0 Å². The standard InChI is InChI=1S/C9H16O2/c1-4-9(11)8(3)7(2)5-6-10/h5-6,8-9,11H,4H2,1-3H3/b7-5+. The largest absolute Gasteiger partial charge is 0.393 e. The fraction of sp³-hybridized carbons (Fsp3) is 0.667. The average Bonchev–Trinajstić information content (AvgIpc) is 2.02. The predicted octanol–water partition coefficient (Wildman–Crippen LogP) is 1.54. The van der Waals surface area contributed by atoms with E-state index in [1.165, 1.54) is 6.08 Å². The molecule has 0 saturated heterocycles. The van der Waals surface area contributed by atoms with Crippen molar-refractivity contribution in [2.45, 2.75) is 33.3 Å². The number of carbonyl (C=O) groups is 1. The summed E-state index contributed by atoms with van der Waals surface area (Å²) in [6.07, 6.45) is 2.66. The van der Waals surface area contributed by atoms with Gasteiger partial charge < -0.3 is 5.11 Å².